The second-order valence-electron chi connectivity index (χ2n) is 9.76. The van der Waals surface area contributed by atoms with Crippen molar-refractivity contribution >= 4 is 34.8 Å². The van der Waals surface area contributed by atoms with Crippen molar-refractivity contribution in [3.8, 4) is 0 Å². The molecule has 2 saturated carbocycles. The molecule has 0 bridgehead atoms. The van der Waals surface area contributed by atoms with Gasteiger partial charge >= 0.3 is 0 Å². The summed E-state index contributed by atoms with van der Waals surface area (Å²) in [6, 6.07) is 9.99. The van der Waals surface area contributed by atoms with Crippen LogP contribution in [0.2, 0.25) is 0 Å². The SMILES string of the molecule is O=C1c2cccc(NC(=O)C3CCCCC3)c2C(=O)c2cccc(NC(=O)C3CCCCC3)c21. The largest absolute Gasteiger partial charge is 0.325 e. The number of hydrogen-bond donors (Lipinski definition) is 2. The molecule has 3 aliphatic carbocycles. The fourth-order valence-corrected chi connectivity index (χ4v) is 5.65. The maximum atomic E-state index is 13.6. The van der Waals surface area contributed by atoms with Gasteiger partial charge in [0.1, 0.15) is 0 Å². The standard InChI is InChI=1S/C28H30N2O4/c31-25-20-14-8-16-22(30-28(34)18-11-5-2-6-12-18)24(20)26(32)19-13-7-15-21(23(19)25)29-27(33)17-9-3-1-4-10-17/h7-8,13-18H,1-6,9-12H2,(H,29,33)(H,30,34). The van der Waals surface area contributed by atoms with Gasteiger partial charge in [-0.1, -0.05) is 62.8 Å². The Bertz CT molecular complexity index is 1070. The summed E-state index contributed by atoms with van der Waals surface area (Å²) in [6.07, 6.45) is 9.82. The van der Waals surface area contributed by atoms with E-state index in [-0.39, 0.29) is 57.5 Å². The van der Waals surface area contributed by atoms with Crippen molar-refractivity contribution in [2.45, 2.75) is 64.2 Å². The number of nitrogens with one attached hydrogen (secondary N) is 2. The van der Waals surface area contributed by atoms with Crippen molar-refractivity contribution in [2.24, 2.45) is 11.8 Å². The third-order valence-electron chi connectivity index (χ3n) is 7.54. The molecule has 2 aromatic rings. The summed E-state index contributed by atoms with van der Waals surface area (Å²) in [6.45, 7) is 0. The molecular formula is C28H30N2O4. The fraction of sp³-hybridized carbons (Fsp3) is 0.429. The lowest BCUT2D eigenvalue weighted by Crippen LogP contribution is -2.29. The molecule has 0 aliphatic heterocycles. The lowest BCUT2D eigenvalue weighted by molar-refractivity contribution is -0.121. The Balaban J connectivity index is 1.44. The maximum Gasteiger partial charge on any atom is 0.227 e. The van der Waals surface area contributed by atoms with E-state index in [1.807, 2.05) is 0 Å². The fourth-order valence-electron chi connectivity index (χ4n) is 5.65. The molecule has 2 N–H and O–H groups in total. The molecule has 0 saturated heterocycles. The zero-order valence-corrected chi connectivity index (χ0v) is 19.3. The van der Waals surface area contributed by atoms with E-state index >= 15 is 0 Å². The molecule has 6 heteroatoms. The van der Waals surface area contributed by atoms with Crippen LogP contribution in [-0.4, -0.2) is 23.4 Å². The first kappa shape index (κ1) is 22.5. The zero-order valence-electron chi connectivity index (χ0n) is 19.3. The van der Waals surface area contributed by atoms with Gasteiger partial charge in [-0.2, -0.15) is 0 Å². The summed E-state index contributed by atoms with van der Waals surface area (Å²) in [7, 11) is 0. The second kappa shape index (κ2) is 9.53. The highest BCUT2D eigenvalue weighted by atomic mass is 16.2. The monoisotopic (exact) mass is 458 g/mol. The second-order valence-corrected chi connectivity index (χ2v) is 9.76. The Hall–Kier alpha value is -3.28. The molecule has 0 unspecified atom stereocenters. The van der Waals surface area contributed by atoms with Gasteiger partial charge in [0.2, 0.25) is 11.8 Å². The third kappa shape index (κ3) is 4.17. The topological polar surface area (TPSA) is 92.3 Å². The van der Waals surface area contributed by atoms with Crippen LogP contribution in [0.3, 0.4) is 0 Å². The number of carbonyl (C=O) groups excluding carboxylic acids is 4. The van der Waals surface area contributed by atoms with Gasteiger partial charge in [0.05, 0.1) is 22.5 Å². The van der Waals surface area contributed by atoms with Crippen LogP contribution in [-0.2, 0) is 9.59 Å². The molecule has 0 radical (unpaired) electrons. The molecule has 6 nitrogen and oxygen atoms in total. The normalized spacial score (nSPS) is 18.7. The number of amides is 2. The highest BCUT2D eigenvalue weighted by Gasteiger charge is 2.35. The number of rotatable bonds is 4. The van der Waals surface area contributed by atoms with Crippen LogP contribution < -0.4 is 10.6 Å². The average molecular weight is 459 g/mol. The van der Waals surface area contributed by atoms with Gasteiger partial charge < -0.3 is 10.6 Å². The lowest BCUT2D eigenvalue weighted by Gasteiger charge is -2.25. The van der Waals surface area contributed by atoms with E-state index in [2.05, 4.69) is 10.6 Å². The van der Waals surface area contributed by atoms with Gasteiger partial charge in [-0.3, -0.25) is 19.2 Å². The predicted molar refractivity (Wildman–Crippen MR) is 130 cm³/mol. The Morgan fingerprint density at radius 1 is 0.588 bits per heavy atom. The summed E-state index contributed by atoms with van der Waals surface area (Å²) in [5.74, 6) is -0.920. The molecule has 34 heavy (non-hydrogen) atoms. The van der Waals surface area contributed by atoms with Crippen LogP contribution in [0.1, 0.15) is 96.1 Å². The first-order valence-corrected chi connectivity index (χ1v) is 12.5. The molecule has 5 rings (SSSR count). The van der Waals surface area contributed by atoms with Crippen LogP contribution in [0.4, 0.5) is 11.4 Å². The quantitative estimate of drug-likeness (QED) is 0.540. The van der Waals surface area contributed by atoms with Gasteiger partial charge in [-0.05, 0) is 37.8 Å². The minimum Gasteiger partial charge on any atom is -0.325 e. The van der Waals surface area contributed by atoms with Gasteiger partial charge in [-0.25, -0.2) is 0 Å². The zero-order chi connectivity index (χ0) is 23.7. The van der Waals surface area contributed by atoms with Gasteiger partial charge in [0.25, 0.3) is 0 Å². The average Bonchev–Trinajstić information content (AvgIpc) is 2.88. The van der Waals surface area contributed by atoms with E-state index in [1.54, 1.807) is 36.4 Å². The lowest BCUT2D eigenvalue weighted by atomic mass is 9.82. The third-order valence-corrected chi connectivity index (χ3v) is 7.54. The van der Waals surface area contributed by atoms with Crippen LogP contribution >= 0.6 is 0 Å². The molecule has 0 heterocycles. The summed E-state index contributed by atoms with van der Waals surface area (Å²) >= 11 is 0. The van der Waals surface area contributed by atoms with Gasteiger partial charge in [-0.15, -0.1) is 0 Å². The van der Waals surface area contributed by atoms with E-state index in [0.717, 1.165) is 64.2 Å². The van der Waals surface area contributed by atoms with Crippen molar-refractivity contribution in [1.29, 1.82) is 0 Å². The van der Waals surface area contributed by atoms with E-state index in [4.69, 9.17) is 0 Å². The van der Waals surface area contributed by atoms with E-state index in [0.29, 0.717) is 11.4 Å². The predicted octanol–water partition coefficient (Wildman–Crippen LogP) is 5.50. The molecule has 0 spiro atoms. The minimum absolute atomic E-state index is 0.0621. The maximum absolute atomic E-state index is 13.6. The summed E-state index contributed by atoms with van der Waals surface area (Å²) in [5, 5.41) is 5.86. The molecule has 2 aromatic carbocycles. The molecule has 0 aromatic heterocycles. The Morgan fingerprint density at radius 3 is 1.35 bits per heavy atom. The summed E-state index contributed by atoms with van der Waals surface area (Å²) in [4.78, 5) is 52.8. The highest BCUT2D eigenvalue weighted by molar-refractivity contribution is 6.32. The summed E-state index contributed by atoms with van der Waals surface area (Å²) in [5.41, 5.74) is 1.76. The van der Waals surface area contributed by atoms with Gasteiger partial charge in [0.15, 0.2) is 11.6 Å². The van der Waals surface area contributed by atoms with E-state index in [9.17, 15) is 19.2 Å². The van der Waals surface area contributed by atoms with Crippen molar-refractivity contribution in [1.82, 2.24) is 0 Å². The molecular weight excluding hydrogens is 428 g/mol. The van der Waals surface area contributed by atoms with Crippen LogP contribution in [0.15, 0.2) is 36.4 Å². The highest BCUT2D eigenvalue weighted by Crippen LogP contribution is 2.36. The number of fused-ring (bicyclic) bond motifs is 2. The first-order chi connectivity index (χ1) is 16.5. The van der Waals surface area contributed by atoms with Crippen LogP contribution in [0.5, 0.6) is 0 Å². The van der Waals surface area contributed by atoms with E-state index < -0.39 is 0 Å². The Labute approximate surface area is 199 Å². The smallest absolute Gasteiger partial charge is 0.227 e. The summed E-state index contributed by atoms with van der Waals surface area (Å²) < 4.78 is 0. The van der Waals surface area contributed by atoms with Crippen molar-refractivity contribution in [3.63, 3.8) is 0 Å². The molecule has 0 atom stereocenters. The number of carbonyl (C=O) groups is 4. The molecule has 176 valence electrons. The van der Waals surface area contributed by atoms with Gasteiger partial charge in [0, 0.05) is 23.0 Å². The minimum atomic E-state index is -0.307. The Kier molecular flexibility index (Phi) is 6.31. The number of ketones is 2. The number of anilines is 2. The molecule has 3 aliphatic rings. The van der Waals surface area contributed by atoms with Crippen LogP contribution in [0.25, 0.3) is 0 Å². The van der Waals surface area contributed by atoms with Crippen molar-refractivity contribution < 1.29 is 19.2 Å². The van der Waals surface area contributed by atoms with Crippen molar-refractivity contribution in [3.05, 3.63) is 58.7 Å². The van der Waals surface area contributed by atoms with Crippen molar-refractivity contribution in [2.75, 3.05) is 10.6 Å². The number of hydrogen-bond acceptors (Lipinski definition) is 4. The number of benzene rings is 2. The first-order valence-electron chi connectivity index (χ1n) is 12.5. The van der Waals surface area contributed by atoms with E-state index in [1.165, 1.54) is 0 Å². The molecule has 2 fully saturated rings. The van der Waals surface area contributed by atoms with Crippen LogP contribution in [0, 0.1) is 11.8 Å². The Morgan fingerprint density at radius 2 is 0.971 bits per heavy atom. The molecule has 2 amide bonds.